The molecule has 3 aromatic heterocycles. The third kappa shape index (κ3) is 2.76. The van der Waals surface area contributed by atoms with Gasteiger partial charge in [-0.05, 0) is 52.6 Å². The normalized spacial score (nSPS) is 12.0. The smallest absolute Gasteiger partial charge is 0.0648 e. The van der Waals surface area contributed by atoms with E-state index in [1.165, 1.54) is 65.2 Å². The highest BCUT2D eigenvalue weighted by molar-refractivity contribution is 6.39. The van der Waals surface area contributed by atoms with Crippen LogP contribution in [0.15, 0.2) is 140 Å². The lowest BCUT2D eigenvalue weighted by Crippen LogP contribution is -1.96. The highest BCUT2D eigenvalue weighted by atomic mass is 15.0. The van der Waals surface area contributed by atoms with Crippen molar-refractivity contribution in [1.82, 2.24) is 14.1 Å². The number of hydrogen-bond donors (Lipinski definition) is 0. The summed E-state index contributed by atoms with van der Waals surface area (Å²) in [5, 5.41) is 10.1. The third-order valence-corrected chi connectivity index (χ3v) is 8.34. The van der Waals surface area contributed by atoms with Crippen molar-refractivity contribution in [2.24, 2.45) is 0 Å². The molecule has 186 valence electrons. The quantitative estimate of drug-likeness (QED) is 0.227. The fraction of sp³-hybridized carbons (Fsp3) is 0. The van der Waals surface area contributed by atoms with Crippen LogP contribution in [0, 0.1) is 0 Å². The summed E-state index contributed by atoms with van der Waals surface area (Å²) < 4.78 is 4.87. The Morgan fingerprint density at radius 2 is 1.07 bits per heavy atom. The van der Waals surface area contributed by atoms with E-state index in [2.05, 4.69) is 135 Å². The van der Waals surface area contributed by atoms with Crippen LogP contribution in [-0.4, -0.2) is 14.1 Å². The maximum atomic E-state index is 4.50. The topological polar surface area (TPSA) is 22.8 Å². The molecule has 0 amide bonds. The van der Waals surface area contributed by atoms with Crippen molar-refractivity contribution in [3.8, 4) is 11.4 Å². The van der Waals surface area contributed by atoms with Gasteiger partial charge in [-0.3, -0.25) is 4.98 Å². The lowest BCUT2D eigenvalue weighted by atomic mass is 9.97. The number of hydrogen-bond acceptors (Lipinski definition) is 1. The zero-order valence-electron chi connectivity index (χ0n) is 21.6. The minimum absolute atomic E-state index is 1.06. The molecule has 6 aromatic carbocycles. The molecule has 0 aliphatic rings. The molecular formula is C37H23N3. The van der Waals surface area contributed by atoms with Gasteiger partial charge in [0.2, 0.25) is 0 Å². The predicted octanol–water partition coefficient (Wildman–Crippen LogP) is 9.58. The molecule has 0 aliphatic heterocycles. The molecule has 9 aromatic rings. The Hall–Kier alpha value is -5.41. The molecule has 9 rings (SSSR count). The van der Waals surface area contributed by atoms with E-state index in [1.54, 1.807) is 0 Å². The number of fused-ring (bicyclic) bond motifs is 12. The fourth-order valence-electron chi connectivity index (χ4n) is 6.80. The van der Waals surface area contributed by atoms with Crippen molar-refractivity contribution in [1.29, 1.82) is 0 Å². The SMILES string of the molecule is c1ccc(-n2c3ccc4ccccc4c3c3c4ccccc4c4c(c5ccccc5n4-c4cccnc4)c32)cc1. The molecule has 0 N–H and O–H groups in total. The molecule has 3 heterocycles. The Labute approximate surface area is 230 Å². The number of pyridine rings is 1. The maximum Gasteiger partial charge on any atom is 0.0648 e. The van der Waals surface area contributed by atoms with E-state index in [0.29, 0.717) is 0 Å². The van der Waals surface area contributed by atoms with E-state index in [0.717, 1.165) is 11.4 Å². The summed E-state index contributed by atoms with van der Waals surface area (Å²) >= 11 is 0. The van der Waals surface area contributed by atoms with Gasteiger partial charge in [-0.2, -0.15) is 0 Å². The molecule has 0 unspecified atom stereocenters. The number of nitrogens with zero attached hydrogens (tertiary/aromatic N) is 3. The Morgan fingerprint density at radius 1 is 0.400 bits per heavy atom. The number of rotatable bonds is 2. The summed E-state index contributed by atoms with van der Waals surface area (Å²) in [6.45, 7) is 0. The zero-order chi connectivity index (χ0) is 26.2. The van der Waals surface area contributed by atoms with Gasteiger partial charge in [-0.25, -0.2) is 0 Å². The second-order valence-electron chi connectivity index (χ2n) is 10.4. The Balaban J connectivity index is 1.69. The second kappa shape index (κ2) is 8.05. The Kier molecular flexibility index (Phi) is 4.33. The van der Waals surface area contributed by atoms with Crippen LogP contribution in [0.3, 0.4) is 0 Å². The van der Waals surface area contributed by atoms with Crippen molar-refractivity contribution < 1.29 is 0 Å². The lowest BCUT2D eigenvalue weighted by molar-refractivity contribution is 1.14. The number of aromatic nitrogens is 3. The van der Waals surface area contributed by atoms with Gasteiger partial charge in [0.1, 0.15) is 0 Å². The van der Waals surface area contributed by atoms with Gasteiger partial charge < -0.3 is 9.13 Å². The molecule has 0 saturated carbocycles. The van der Waals surface area contributed by atoms with Gasteiger partial charge >= 0.3 is 0 Å². The van der Waals surface area contributed by atoms with Gasteiger partial charge in [0, 0.05) is 38.8 Å². The lowest BCUT2D eigenvalue weighted by Gasteiger charge is -2.12. The first-order chi connectivity index (χ1) is 19.9. The van der Waals surface area contributed by atoms with Gasteiger partial charge in [-0.15, -0.1) is 0 Å². The fourth-order valence-corrected chi connectivity index (χ4v) is 6.80. The molecule has 0 aliphatic carbocycles. The van der Waals surface area contributed by atoms with Crippen molar-refractivity contribution in [3.05, 3.63) is 140 Å². The molecule has 0 saturated heterocycles. The highest BCUT2D eigenvalue weighted by Crippen LogP contribution is 2.47. The third-order valence-electron chi connectivity index (χ3n) is 8.34. The Morgan fingerprint density at radius 3 is 1.90 bits per heavy atom. The maximum absolute atomic E-state index is 4.50. The monoisotopic (exact) mass is 509 g/mol. The van der Waals surface area contributed by atoms with Crippen LogP contribution in [0.4, 0.5) is 0 Å². The molecule has 3 nitrogen and oxygen atoms in total. The van der Waals surface area contributed by atoms with Gasteiger partial charge in [0.15, 0.2) is 0 Å². The van der Waals surface area contributed by atoms with Crippen LogP contribution in [0.25, 0.3) is 76.5 Å². The molecule has 0 spiro atoms. The first-order valence-corrected chi connectivity index (χ1v) is 13.7. The minimum Gasteiger partial charge on any atom is -0.308 e. The van der Waals surface area contributed by atoms with Gasteiger partial charge in [-0.1, -0.05) is 91.0 Å². The first-order valence-electron chi connectivity index (χ1n) is 13.7. The molecule has 0 radical (unpaired) electrons. The molecule has 0 bridgehead atoms. The largest absolute Gasteiger partial charge is 0.308 e. The van der Waals surface area contributed by atoms with Crippen LogP contribution >= 0.6 is 0 Å². The average molecular weight is 510 g/mol. The second-order valence-corrected chi connectivity index (χ2v) is 10.4. The summed E-state index contributed by atoms with van der Waals surface area (Å²) in [4.78, 5) is 4.50. The summed E-state index contributed by atoms with van der Waals surface area (Å²) in [7, 11) is 0. The van der Waals surface area contributed by atoms with Crippen LogP contribution in [0.1, 0.15) is 0 Å². The van der Waals surface area contributed by atoms with Crippen LogP contribution < -0.4 is 0 Å². The van der Waals surface area contributed by atoms with E-state index in [-0.39, 0.29) is 0 Å². The number of benzene rings is 6. The Bertz CT molecular complexity index is 2410. The summed E-state index contributed by atoms with van der Waals surface area (Å²) in [6, 6.07) is 46.0. The molecule has 3 heteroatoms. The molecule has 0 atom stereocenters. The summed E-state index contributed by atoms with van der Waals surface area (Å²) in [6.07, 6.45) is 3.80. The van der Waals surface area contributed by atoms with Gasteiger partial charge in [0.25, 0.3) is 0 Å². The average Bonchev–Trinajstić information content (AvgIpc) is 3.56. The van der Waals surface area contributed by atoms with Crippen LogP contribution in [-0.2, 0) is 0 Å². The van der Waals surface area contributed by atoms with E-state index < -0.39 is 0 Å². The van der Waals surface area contributed by atoms with E-state index in [9.17, 15) is 0 Å². The van der Waals surface area contributed by atoms with Crippen LogP contribution in [0.2, 0.25) is 0 Å². The summed E-state index contributed by atoms with van der Waals surface area (Å²) in [5.41, 5.74) is 7.07. The van der Waals surface area contributed by atoms with E-state index in [4.69, 9.17) is 0 Å². The zero-order valence-corrected chi connectivity index (χ0v) is 21.6. The molecular weight excluding hydrogens is 486 g/mol. The van der Waals surface area contributed by atoms with Crippen molar-refractivity contribution in [2.45, 2.75) is 0 Å². The van der Waals surface area contributed by atoms with Crippen molar-refractivity contribution >= 4 is 65.2 Å². The van der Waals surface area contributed by atoms with Gasteiger partial charge in [0.05, 0.1) is 34.0 Å². The molecule has 0 fully saturated rings. The number of para-hydroxylation sites is 2. The van der Waals surface area contributed by atoms with Crippen molar-refractivity contribution in [2.75, 3.05) is 0 Å². The first kappa shape index (κ1) is 21.5. The molecule has 40 heavy (non-hydrogen) atoms. The minimum atomic E-state index is 1.06. The van der Waals surface area contributed by atoms with Crippen molar-refractivity contribution in [3.63, 3.8) is 0 Å². The highest BCUT2D eigenvalue weighted by Gasteiger charge is 2.25. The standard InChI is InChI=1S/C37H23N3/c1-2-12-25(13-3-1)39-32-21-20-24-11-4-5-15-27(24)33(32)34-28-16-6-7-17-29(28)36-35(37(34)39)30-18-8-9-19-31(30)40(36)26-14-10-22-38-23-26/h1-23H. The van der Waals surface area contributed by atoms with E-state index >= 15 is 0 Å². The predicted molar refractivity (Wildman–Crippen MR) is 168 cm³/mol. The van der Waals surface area contributed by atoms with E-state index in [1.807, 2.05) is 18.5 Å². The summed E-state index contributed by atoms with van der Waals surface area (Å²) in [5.74, 6) is 0. The van der Waals surface area contributed by atoms with Crippen LogP contribution in [0.5, 0.6) is 0 Å².